The van der Waals surface area contributed by atoms with Crippen molar-refractivity contribution in [3.63, 3.8) is 0 Å². The van der Waals surface area contributed by atoms with Crippen molar-refractivity contribution < 1.29 is 13.2 Å². The number of nitrogens with one attached hydrogen (secondary N) is 1. The van der Waals surface area contributed by atoms with E-state index < -0.39 is 11.7 Å². The second kappa shape index (κ2) is 6.31. The van der Waals surface area contributed by atoms with Crippen molar-refractivity contribution in [1.82, 2.24) is 9.97 Å². The highest BCUT2D eigenvalue weighted by molar-refractivity contribution is 5.64. The van der Waals surface area contributed by atoms with Crippen LogP contribution in [-0.4, -0.2) is 9.97 Å². The fourth-order valence-corrected chi connectivity index (χ4v) is 2.18. The van der Waals surface area contributed by atoms with E-state index in [9.17, 15) is 13.2 Å². The number of nitrogens with zero attached hydrogens (tertiary/aromatic N) is 2. The highest BCUT2D eigenvalue weighted by Gasteiger charge is 2.35. The third-order valence-electron chi connectivity index (χ3n) is 3.44. The number of alkyl halides is 3. The van der Waals surface area contributed by atoms with Gasteiger partial charge in [-0.25, -0.2) is 9.97 Å². The van der Waals surface area contributed by atoms with E-state index in [1.165, 1.54) is 0 Å². The summed E-state index contributed by atoms with van der Waals surface area (Å²) >= 11 is 0. The maximum absolute atomic E-state index is 13.2. The molecule has 2 aromatic carbocycles. The molecule has 3 nitrogen and oxygen atoms in total. The zero-order valence-corrected chi connectivity index (χ0v) is 12.8. The zero-order valence-electron chi connectivity index (χ0n) is 12.8. The number of hydrogen-bond acceptors (Lipinski definition) is 3. The quantitative estimate of drug-likeness (QED) is 0.716. The van der Waals surface area contributed by atoms with Crippen molar-refractivity contribution in [2.75, 3.05) is 5.32 Å². The first kappa shape index (κ1) is 16.0. The van der Waals surface area contributed by atoms with Crippen LogP contribution in [-0.2, 0) is 6.18 Å². The van der Waals surface area contributed by atoms with Crippen molar-refractivity contribution >= 4 is 11.5 Å². The van der Waals surface area contributed by atoms with Crippen LogP contribution < -0.4 is 5.32 Å². The van der Waals surface area contributed by atoms with Gasteiger partial charge in [-0.2, -0.15) is 13.2 Å². The Kier molecular flexibility index (Phi) is 4.20. The lowest BCUT2D eigenvalue weighted by Crippen LogP contribution is -2.12. The minimum absolute atomic E-state index is 0.237. The van der Waals surface area contributed by atoms with E-state index in [1.807, 2.05) is 19.1 Å². The summed E-state index contributed by atoms with van der Waals surface area (Å²) in [4.78, 5) is 7.97. The van der Waals surface area contributed by atoms with Gasteiger partial charge < -0.3 is 5.32 Å². The Hall–Kier alpha value is -2.89. The number of para-hydroxylation sites is 1. The largest absolute Gasteiger partial charge is 0.421 e. The predicted octanol–water partition coefficient (Wildman–Crippen LogP) is 5.21. The normalized spacial score (nSPS) is 11.3. The Morgan fingerprint density at radius 1 is 0.917 bits per heavy atom. The fraction of sp³-hybridized carbons (Fsp3) is 0.111. The maximum atomic E-state index is 13.2. The van der Waals surface area contributed by atoms with Crippen LogP contribution in [0.15, 0.2) is 60.8 Å². The molecule has 1 heterocycles. The summed E-state index contributed by atoms with van der Waals surface area (Å²) < 4.78 is 39.7. The Balaban J connectivity index is 2.05. The summed E-state index contributed by atoms with van der Waals surface area (Å²) in [6.07, 6.45) is -3.73. The van der Waals surface area contributed by atoms with Crippen LogP contribution in [0.3, 0.4) is 0 Å². The summed E-state index contributed by atoms with van der Waals surface area (Å²) in [5.74, 6) is -0.0271. The number of aryl methyl sites for hydroxylation is 1. The molecule has 0 fully saturated rings. The molecular weight excluding hydrogens is 315 g/mol. The van der Waals surface area contributed by atoms with Crippen molar-refractivity contribution in [2.45, 2.75) is 13.1 Å². The Bertz CT molecular complexity index is 828. The molecule has 1 aromatic heterocycles. The molecule has 0 spiro atoms. The van der Waals surface area contributed by atoms with Crippen LogP contribution in [0, 0.1) is 6.92 Å². The van der Waals surface area contributed by atoms with E-state index in [1.54, 1.807) is 42.5 Å². The molecular formula is C18H14F3N3. The molecule has 0 bridgehead atoms. The first-order chi connectivity index (χ1) is 11.4. The number of benzene rings is 2. The van der Waals surface area contributed by atoms with Gasteiger partial charge in [0, 0.05) is 17.4 Å². The second-order valence-electron chi connectivity index (χ2n) is 5.31. The Labute approximate surface area is 137 Å². The Morgan fingerprint density at radius 3 is 2.21 bits per heavy atom. The number of hydrogen-bond donors (Lipinski definition) is 1. The molecule has 0 saturated heterocycles. The molecule has 0 aliphatic carbocycles. The summed E-state index contributed by atoms with van der Waals surface area (Å²) in [6.45, 7) is 1.93. The van der Waals surface area contributed by atoms with Gasteiger partial charge in [-0.05, 0) is 19.1 Å². The van der Waals surface area contributed by atoms with Gasteiger partial charge in [0.1, 0.15) is 11.4 Å². The molecule has 3 aromatic rings. The van der Waals surface area contributed by atoms with Gasteiger partial charge in [0.05, 0.1) is 0 Å². The van der Waals surface area contributed by atoms with Crippen LogP contribution in [0.25, 0.3) is 11.4 Å². The first-order valence-electron chi connectivity index (χ1n) is 7.27. The highest BCUT2D eigenvalue weighted by Crippen LogP contribution is 2.35. The average Bonchev–Trinajstić information content (AvgIpc) is 2.55. The summed E-state index contributed by atoms with van der Waals surface area (Å²) in [5, 5.41) is 2.73. The molecule has 24 heavy (non-hydrogen) atoms. The molecule has 0 aliphatic rings. The molecule has 0 amide bonds. The van der Waals surface area contributed by atoms with Crippen molar-refractivity contribution in [1.29, 1.82) is 0 Å². The lowest BCUT2D eigenvalue weighted by atomic mass is 10.1. The van der Waals surface area contributed by atoms with E-state index in [-0.39, 0.29) is 11.6 Å². The summed E-state index contributed by atoms with van der Waals surface area (Å²) in [5.41, 5.74) is 1.33. The third-order valence-corrected chi connectivity index (χ3v) is 3.44. The third kappa shape index (κ3) is 3.53. The highest BCUT2D eigenvalue weighted by atomic mass is 19.4. The standard InChI is InChI=1S/C18H14F3N3/c1-12-7-9-13(10-8-12)16-22-11-15(18(19,20)21)17(24-16)23-14-5-3-2-4-6-14/h2-11H,1H3,(H,22,23,24). The van der Waals surface area contributed by atoms with Crippen LogP contribution in [0.4, 0.5) is 24.7 Å². The number of halogens is 3. The predicted molar refractivity (Wildman–Crippen MR) is 86.9 cm³/mol. The summed E-state index contributed by atoms with van der Waals surface area (Å²) in [6, 6.07) is 15.9. The maximum Gasteiger partial charge on any atom is 0.421 e. The zero-order chi connectivity index (χ0) is 17.2. The molecule has 0 saturated carbocycles. The number of rotatable bonds is 3. The second-order valence-corrected chi connectivity index (χ2v) is 5.31. The topological polar surface area (TPSA) is 37.8 Å². The fourth-order valence-electron chi connectivity index (χ4n) is 2.18. The molecule has 122 valence electrons. The van der Waals surface area contributed by atoms with Crippen LogP contribution in [0.5, 0.6) is 0 Å². The van der Waals surface area contributed by atoms with Crippen LogP contribution in [0.1, 0.15) is 11.1 Å². The van der Waals surface area contributed by atoms with Gasteiger partial charge in [0.25, 0.3) is 0 Å². The molecule has 0 radical (unpaired) electrons. The Morgan fingerprint density at radius 2 is 1.58 bits per heavy atom. The van der Waals surface area contributed by atoms with Crippen LogP contribution >= 0.6 is 0 Å². The molecule has 0 unspecified atom stereocenters. The molecule has 1 N–H and O–H groups in total. The van der Waals surface area contributed by atoms with E-state index in [4.69, 9.17) is 0 Å². The van der Waals surface area contributed by atoms with E-state index in [2.05, 4.69) is 15.3 Å². The summed E-state index contributed by atoms with van der Waals surface area (Å²) in [7, 11) is 0. The average molecular weight is 329 g/mol. The van der Waals surface area contributed by atoms with E-state index in [0.717, 1.165) is 11.8 Å². The van der Waals surface area contributed by atoms with E-state index in [0.29, 0.717) is 11.3 Å². The van der Waals surface area contributed by atoms with Crippen molar-refractivity contribution in [3.8, 4) is 11.4 Å². The van der Waals surface area contributed by atoms with Crippen LogP contribution in [0.2, 0.25) is 0 Å². The van der Waals surface area contributed by atoms with Gasteiger partial charge in [0.2, 0.25) is 0 Å². The van der Waals surface area contributed by atoms with Gasteiger partial charge in [-0.3, -0.25) is 0 Å². The molecule has 6 heteroatoms. The minimum atomic E-state index is -4.54. The van der Waals surface area contributed by atoms with Gasteiger partial charge in [-0.1, -0.05) is 48.0 Å². The van der Waals surface area contributed by atoms with Crippen molar-refractivity contribution in [2.24, 2.45) is 0 Å². The first-order valence-corrected chi connectivity index (χ1v) is 7.27. The molecule has 0 aliphatic heterocycles. The van der Waals surface area contributed by atoms with E-state index >= 15 is 0 Å². The molecule has 3 rings (SSSR count). The number of aromatic nitrogens is 2. The lowest BCUT2D eigenvalue weighted by molar-refractivity contribution is -0.137. The smallest absolute Gasteiger partial charge is 0.340 e. The molecule has 0 atom stereocenters. The van der Waals surface area contributed by atoms with Crippen molar-refractivity contribution in [3.05, 3.63) is 71.9 Å². The van der Waals surface area contributed by atoms with Gasteiger partial charge in [-0.15, -0.1) is 0 Å². The minimum Gasteiger partial charge on any atom is -0.340 e. The SMILES string of the molecule is Cc1ccc(-c2ncc(C(F)(F)F)c(Nc3ccccc3)n2)cc1. The lowest BCUT2D eigenvalue weighted by Gasteiger charge is -2.14. The van der Waals surface area contributed by atoms with Gasteiger partial charge >= 0.3 is 6.18 Å². The number of anilines is 2. The monoisotopic (exact) mass is 329 g/mol. The van der Waals surface area contributed by atoms with Gasteiger partial charge in [0.15, 0.2) is 5.82 Å².